The molecule has 0 spiro atoms. The molecule has 0 aliphatic heterocycles. The molecule has 2 unspecified atom stereocenters. The molecule has 6 heteroatoms. The Kier molecular flexibility index (Phi) is 6.48. The average molecular weight is 341 g/mol. The van der Waals surface area contributed by atoms with E-state index in [-0.39, 0.29) is 30.3 Å². The van der Waals surface area contributed by atoms with Crippen molar-refractivity contribution in [1.29, 1.82) is 0 Å². The van der Waals surface area contributed by atoms with E-state index in [9.17, 15) is 4.79 Å². The highest BCUT2D eigenvalue weighted by Crippen LogP contribution is 2.33. The Hall–Kier alpha value is -1.07. The first-order valence-corrected chi connectivity index (χ1v) is 8.74. The molecule has 1 aromatic heterocycles. The SMILES string of the molecule is Cl.Cn1nc(C2CCCCC2)cc1NC(=O)C1CCCC(N)C1. The van der Waals surface area contributed by atoms with Gasteiger partial charge >= 0.3 is 0 Å². The van der Waals surface area contributed by atoms with Crippen molar-refractivity contribution >= 4 is 24.1 Å². The number of nitrogens with one attached hydrogen (secondary N) is 1. The van der Waals surface area contributed by atoms with E-state index in [1.165, 1.54) is 32.1 Å². The summed E-state index contributed by atoms with van der Waals surface area (Å²) in [6, 6.07) is 2.24. The number of aromatic nitrogens is 2. The van der Waals surface area contributed by atoms with Crippen molar-refractivity contribution in [3.8, 4) is 0 Å². The topological polar surface area (TPSA) is 72.9 Å². The van der Waals surface area contributed by atoms with Crippen molar-refractivity contribution in [3.05, 3.63) is 11.8 Å². The van der Waals surface area contributed by atoms with E-state index in [4.69, 9.17) is 5.73 Å². The molecule has 2 saturated carbocycles. The molecule has 2 aliphatic rings. The van der Waals surface area contributed by atoms with Gasteiger partial charge in [0.05, 0.1) is 5.69 Å². The zero-order valence-electron chi connectivity index (χ0n) is 14.0. The quantitative estimate of drug-likeness (QED) is 0.886. The molecule has 2 fully saturated rings. The summed E-state index contributed by atoms with van der Waals surface area (Å²) in [7, 11) is 1.91. The maximum Gasteiger partial charge on any atom is 0.228 e. The highest BCUT2D eigenvalue weighted by molar-refractivity contribution is 5.91. The second-order valence-electron chi connectivity index (χ2n) is 7.03. The summed E-state index contributed by atoms with van der Waals surface area (Å²) in [6.07, 6.45) is 10.2. The highest BCUT2D eigenvalue weighted by Gasteiger charge is 2.26. The fraction of sp³-hybridized carbons (Fsp3) is 0.765. The first-order valence-electron chi connectivity index (χ1n) is 8.74. The van der Waals surface area contributed by atoms with Gasteiger partial charge in [-0.1, -0.05) is 25.7 Å². The number of nitrogens with zero attached hydrogens (tertiary/aromatic N) is 2. The number of nitrogens with two attached hydrogens (primary N) is 1. The van der Waals surface area contributed by atoms with Crippen molar-refractivity contribution in [1.82, 2.24) is 9.78 Å². The maximum atomic E-state index is 12.4. The molecular weight excluding hydrogens is 312 g/mol. The smallest absolute Gasteiger partial charge is 0.228 e. The molecule has 0 radical (unpaired) electrons. The van der Waals surface area contributed by atoms with Gasteiger partial charge in [-0.25, -0.2) is 0 Å². The molecule has 0 bridgehead atoms. The van der Waals surface area contributed by atoms with Gasteiger partial charge in [0.25, 0.3) is 0 Å². The van der Waals surface area contributed by atoms with Crippen LogP contribution in [-0.2, 0) is 11.8 Å². The zero-order chi connectivity index (χ0) is 15.5. The largest absolute Gasteiger partial charge is 0.328 e. The summed E-state index contributed by atoms with van der Waals surface area (Å²) in [4.78, 5) is 12.4. The third-order valence-corrected chi connectivity index (χ3v) is 5.26. The van der Waals surface area contributed by atoms with Gasteiger partial charge in [-0.2, -0.15) is 5.10 Å². The van der Waals surface area contributed by atoms with E-state index in [1.54, 1.807) is 0 Å². The predicted octanol–water partition coefficient (Wildman–Crippen LogP) is 3.35. The van der Waals surface area contributed by atoms with Gasteiger partial charge < -0.3 is 11.1 Å². The highest BCUT2D eigenvalue weighted by atomic mass is 35.5. The molecule has 2 atom stereocenters. The second kappa shape index (κ2) is 8.15. The number of carbonyl (C=O) groups excluding carboxylic acids is 1. The summed E-state index contributed by atoms with van der Waals surface area (Å²) in [5, 5.41) is 7.69. The van der Waals surface area contributed by atoms with Gasteiger partial charge in [-0.05, 0) is 32.1 Å². The molecule has 0 saturated heterocycles. The van der Waals surface area contributed by atoms with Crippen LogP contribution in [-0.4, -0.2) is 21.7 Å². The first-order chi connectivity index (χ1) is 10.6. The van der Waals surface area contributed by atoms with Crippen LogP contribution in [0.3, 0.4) is 0 Å². The van der Waals surface area contributed by atoms with E-state index >= 15 is 0 Å². The fourth-order valence-corrected chi connectivity index (χ4v) is 3.90. The van der Waals surface area contributed by atoms with E-state index < -0.39 is 0 Å². The average Bonchev–Trinajstić information content (AvgIpc) is 2.89. The Morgan fingerprint density at radius 2 is 1.96 bits per heavy atom. The number of hydrogen-bond donors (Lipinski definition) is 2. The van der Waals surface area contributed by atoms with Crippen molar-refractivity contribution in [2.24, 2.45) is 18.7 Å². The summed E-state index contributed by atoms with van der Waals surface area (Å²) in [6.45, 7) is 0. The van der Waals surface area contributed by atoms with Gasteiger partial charge in [0.1, 0.15) is 5.82 Å². The van der Waals surface area contributed by atoms with Crippen molar-refractivity contribution < 1.29 is 4.79 Å². The standard InChI is InChI=1S/C17H28N4O.ClH/c1-21-16(11-15(20-21)12-6-3-2-4-7-12)19-17(22)13-8-5-9-14(18)10-13;/h11-14H,2-10,18H2,1H3,(H,19,22);1H. The maximum absolute atomic E-state index is 12.4. The number of carbonyl (C=O) groups is 1. The Balaban J connectivity index is 0.00000192. The van der Waals surface area contributed by atoms with E-state index in [0.29, 0.717) is 5.92 Å². The monoisotopic (exact) mass is 340 g/mol. The zero-order valence-corrected chi connectivity index (χ0v) is 14.8. The molecule has 1 heterocycles. The van der Waals surface area contributed by atoms with Gasteiger partial charge in [-0.15, -0.1) is 12.4 Å². The van der Waals surface area contributed by atoms with Crippen LogP contribution in [0.5, 0.6) is 0 Å². The Labute approximate surface area is 144 Å². The molecule has 5 nitrogen and oxygen atoms in total. The van der Waals surface area contributed by atoms with Gasteiger partial charge in [0, 0.05) is 31.0 Å². The Bertz CT molecular complexity index is 525. The van der Waals surface area contributed by atoms with Crippen LogP contribution in [0, 0.1) is 5.92 Å². The van der Waals surface area contributed by atoms with E-state index in [2.05, 4.69) is 16.5 Å². The van der Waals surface area contributed by atoms with Gasteiger partial charge in [-0.3, -0.25) is 9.48 Å². The van der Waals surface area contributed by atoms with Crippen LogP contribution in [0.15, 0.2) is 6.07 Å². The van der Waals surface area contributed by atoms with Crippen LogP contribution in [0.25, 0.3) is 0 Å². The predicted molar refractivity (Wildman–Crippen MR) is 94.8 cm³/mol. The molecule has 1 aromatic rings. The molecule has 2 aliphatic carbocycles. The molecule has 3 rings (SSSR count). The molecule has 3 N–H and O–H groups in total. The van der Waals surface area contributed by atoms with Gasteiger partial charge in [0.15, 0.2) is 0 Å². The second-order valence-corrected chi connectivity index (χ2v) is 7.03. The minimum Gasteiger partial charge on any atom is -0.328 e. The van der Waals surface area contributed by atoms with Gasteiger partial charge in [0.2, 0.25) is 5.91 Å². The molecule has 0 aromatic carbocycles. The lowest BCUT2D eigenvalue weighted by Gasteiger charge is -2.25. The van der Waals surface area contributed by atoms with Crippen molar-refractivity contribution in [2.45, 2.75) is 69.7 Å². The van der Waals surface area contributed by atoms with Crippen LogP contribution < -0.4 is 11.1 Å². The number of anilines is 1. The van der Waals surface area contributed by atoms with Crippen molar-refractivity contribution in [2.75, 3.05) is 5.32 Å². The minimum atomic E-state index is 0. The number of aryl methyl sites for hydroxylation is 1. The lowest BCUT2D eigenvalue weighted by atomic mass is 9.85. The van der Waals surface area contributed by atoms with E-state index in [0.717, 1.165) is 37.2 Å². The Morgan fingerprint density at radius 1 is 1.22 bits per heavy atom. The van der Waals surface area contributed by atoms with Crippen LogP contribution in [0.2, 0.25) is 0 Å². The first kappa shape index (κ1) is 18.3. The van der Waals surface area contributed by atoms with Crippen LogP contribution >= 0.6 is 12.4 Å². The summed E-state index contributed by atoms with van der Waals surface area (Å²) in [5.41, 5.74) is 7.13. The number of hydrogen-bond acceptors (Lipinski definition) is 3. The summed E-state index contributed by atoms with van der Waals surface area (Å²) in [5.74, 6) is 1.54. The Morgan fingerprint density at radius 3 is 2.65 bits per heavy atom. The molecular formula is C17H29ClN4O. The summed E-state index contributed by atoms with van der Waals surface area (Å²) < 4.78 is 1.81. The van der Waals surface area contributed by atoms with Crippen LogP contribution in [0.1, 0.15) is 69.4 Å². The number of halogens is 1. The molecule has 23 heavy (non-hydrogen) atoms. The van der Waals surface area contributed by atoms with Crippen molar-refractivity contribution in [3.63, 3.8) is 0 Å². The lowest BCUT2D eigenvalue weighted by molar-refractivity contribution is -0.120. The molecule has 130 valence electrons. The third kappa shape index (κ3) is 4.48. The number of rotatable bonds is 3. The minimum absolute atomic E-state index is 0. The third-order valence-electron chi connectivity index (χ3n) is 5.26. The fourth-order valence-electron chi connectivity index (χ4n) is 3.90. The number of amides is 1. The normalized spacial score (nSPS) is 25.7. The van der Waals surface area contributed by atoms with E-state index in [1.807, 2.05) is 11.7 Å². The van der Waals surface area contributed by atoms with Crippen LogP contribution in [0.4, 0.5) is 5.82 Å². The lowest BCUT2D eigenvalue weighted by Crippen LogP contribution is -2.34. The molecule has 1 amide bonds. The summed E-state index contributed by atoms with van der Waals surface area (Å²) >= 11 is 0.